The van der Waals surface area contributed by atoms with Gasteiger partial charge in [-0.15, -0.1) is 0 Å². The van der Waals surface area contributed by atoms with Crippen molar-refractivity contribution >= 4 is 15.9 Å². The fraction of sp³-hybridized carbons (Fsp3) is 0.375. The molecule has 0 radical (unpaired) electrons. The van der Waals surface area contributed by atoms with Crippen LogP contribution in [-0.4, -0.2) is 0 Å². The zero-order valence-corrected chi connectivity index (χ0v) is 12.5. The summed E-state index contributed by atoms with van der Waals surface area (Å²) in [6, 6.07) is 10.9. The van der Waals surface area contributed by atoms with E-state index < -0.39 is 0 Å². The molecule has 0 amide bonds. The van der Waals surface area contributed by atoms with E-state index in [-0.39, 0.29) is 4.83 Å². The molecule has 18 heavy (non-hydrogen) atoms. The lowest BCUT2D eigenvalue weighted by molar-refractivity contribution is 0.532. The lowest BCUT2D eigenvalue weighted by atomic mass is 10.0. The van der Waals surface area contributed by atoms with Crippen LogP contribution in [0.5, 0.6) is 0 Å². The minimum atomic E-state index is 0.218. The molecule has 0 aliphatic carbocycles. The fourth-order valence-corrected chi connectivity index (χ4v) is 2.57. The molecular weight excluding hydrogens is 288 g/mol. The number of aryl methyl sites for hydroxylation is 2. The van der Waals surface area contributed by atoms with Gasteiger partial charge in [0, 0.05) is 5.56 Å². The van der Waals surface area contributed by atoms with Crippen molar-refractivity contribution < 1.29 is 4.42 Å². The molecule has 0 N–H and O–H groups in total. The Morgan fingerprint density at radius 2 is 1.89 bits per heavy atom. The van der Waals surface area contributed by atoms with Gasteiger partial charge in [-0.25, -0.2) is 0 Å². The molecule has 1 aromatic carbocycles. The summed E-state index contributed by atoms with van der Waals surface area (Å²) in [4.78, 5) is 0.218. The summed E-state index contributed by atoms with van der Waals surface area (Å²) in [5, 5.41) is 0. The molecule has 1 nitrogen and oxygen atoms in total. The van der Waals surface area contributed by atoms with Crippen LogP contribution in [-0.2, 0) is 6.42 Å². The number of hydrogen-bond donors (Lipinski definition) is 0. The van der Waals surface area contributed by atoms with Gasteiger partial charge in [-0.3, -0.25) is 0 Å². The molecular formula is C16H19BrO. The predicted molar refractivity (Wildman–Crippen MR) is 79.3 cm³/mol. The van der Waals surface area contributed by atoms with Gasteiger partial charge in [-0.2, -0.15) is 0 Å². The van der Waals surface area contributed by atoms with E-state index in [1.807, 2.05) is 13.2 Å². The zero-order chi connectivity index (χ0) is 13.0. The quantitative estimate of drug-likeness (QED) is 0.673. The molecule has 2 rings (SSSR count). The Labute approximate surface area is 117 Å². The number of hydrogen-bond acceptors (Lipinski definition) is 1. The smallest absolute Gasteiger partial charge is 0.101 e. The van der Waals surface area contributed by atoms with E-state index in [1.54, 1.807) is 0 Å². The van der Waals surface area contributed by atoms with Crippen molar-refractivity contribution in [2.24, 2.45) is 0 Å². The SMILES string of the molecule is CCCCc1ccc(C(Br)c2coc(C)c2)cc1. The van der Waals surface area contributed by atoms with Gasteiger partial charge in [0.1, 0.15) is 5.76 Å². The summed E-state index contributed by atoms with van der Waals surface area (Å²) in [5.41, 5.74) is 3.87. The maximum Gasteiger partial charge on any atom is 0.101 e. The predicted octanol–water partition coefficient (Wildman–Crippen LogP) is 5.41. The summed E-state index contributed by atoms with van der Waals surface area (Å²) >= 11 is 3.72. The molecule has 1 atom stereocenters. The van der Waals surface area contributed by atoms with Gasteiger partial charge in [-0.1, -0.05) is 53.5 Å². The first-order chi connectivity index (χ1) is 8.70. The molecule has 1 heterocycles. The van der Waals surface area contributed by atoms with Crippen LogP contribution in [0, 0.1) is 6.92 Å². The van der Waals surface area contributed by atoms with Crippen LogP contribution in [0.3, 0.4) is 0 Å². The normalized spacial score (nSPS) is 12.6. The highest BCUT2D eigenvalue weighted by Crippen LogP contribution is 2.31. The van der Waals surface area contributed by atoms with Gasteiger partial charge in [0.15, 0.2) is 0 Å². The molecule has 0 aliphatic heterocycles. The Balaban J connectivity index is 2.09. The number of unbranched alkanes of at least 4 members (excludes halogenated alkanes) is 1. The fourth-order valence-electron chi connectivity index (χ4n) is 2.02. The maximum absolute atomic E-state index is 5.35. The van der Waals surface area contributed by atoms with Gasteiger partial charge >= 0.3 is 0 Å². The topological polar surface area (TPSA) is 13.1 Å². The van der Waals surface area contributed by atoms with Crippen LogP contribution in [0.1, 0.15) is 47.0 Å². The molecule has 2 heteroatoms. The van der Waals surface area contributed by atoms with Crippen molar-refractivity contribution in [1.29, 1.82) is 0 Å². The lowest BCUT2D eigenvalue weighted by Gasteiger charge is -2.09. The Kier molecular flexibility index (Phi) is 4.65. The third-order valence-electron chi connectivity index (χ3n) is 3.13. The van der Waals surface area contributed by atoms with Crippen molar-refractivity contribution in [3.05, 3.63) is 59.0 Å². The standard InChI is InChI=1S/C16H19BrO/c1-3-4-5-13-6-8-14(9-7-13)16(17)15-10-12(2)18-11-15/h6-11,16H,3-5H2,1-2H3. The van der Waals surface area contributed by atoms with Gasteiger partial charge in [0.25, 0.3) is 0 Å². The first-order valence-electron chi connectivity index (χ1n) is 6.48. The minimum absolute atomic E-state index is 0.218. The molecule has 0 saturated carbocycles. The zero-order valence-electron chi connectivity index (χ0n) is 10.9. The van der Waals surface area contributed by atoms with Crippen molar-refractivity contribution in [1.82, 2.24) is 0 Å². The van der Waals surface area contributed by atoms with E-state index >= 15 is 0 Å². The lowest BCUT2D eigenvalue weighted by Crippen LogP contribution is -1.92. The molecule has 1 unspecified atom stereocenters. The van der Waals surface area contributed by atoms with Crippen LogP contribution >= 0.6 is 15.9 Å². The van der Waals surface area contributed by atoms with E-state index in [0.717, 1.165) is 5.76 Å². The Morgan fingerprint density at radius 3 is 2.44 bits per heavy atom. The third kappa shape index (κ3) is 3.26. The monoisotopic (exact) mass is 306 g/mol. The van der Waals surface area contributed by atoms with Gasteiger partial charge in [-0.05, 0) is 37.0 Å². The van der Waals surface area contributed by atoms with Crippen LogP contribution in [0.15, 0.2) is 41.0 Å². The van der Waals surface area contributed by atoms with Gasteiger partial charge in [0.2, 0.25) is 0 Å². The van der Waals surface area contributed by atoms with E-state index in [2.05, 4.69) is 53.2 Å². The molecule has 0 spiro atoms. The second kappa shape index (κ2) is 6.24. The second-order valence-electron chi connectivity index (χ2n) is 4.70. The highest BCUT2D eigenvalue weighted by molar-refractivity contribution is 9.09. The Bertz CT molecular complexity index is 484. The van der Waals surface area contributed by atoms with Crippen molar-refractivity contribution in [2.45, 2.75) is 37.9 Å². The van der Waals surface area contributed by atoms with Crippen LogP contribution in [0.4, 0.5) is 0 Å². The highest BCUT2D eigenvalue weighted by atomic mass is 79.9. The number of alkyl halides is 1. The van der Waals surface area contributed by atoms with E-state index in [9.17, 15) is 0 Å². The molecule has 2 aromatic rings. The summed E-state index contributed by atoms with van der Waals surface area (Å²) in [5.74, 6) is 0.953. The van der Waals surface area contributed by atoms with Crippen LogP contribution in [0.2, 0.25) is 0 Å². The summed E-state index contributed by atoms with van der Waals surface area (Å²) < 4.78 is 5.35. The first-order valence-corrected chi connectivity index (χ1v) is 7.40. The number of furan rings is 1. The number of benzene rings is 1. The molecule has 96 valence electrons. The molecule has 0 saturated heterocycles. The van der Waals surface area contributed by atoms with Crippen molar-refractivity contribution in [3.8, 4) is 0 Å². The molecule has 1 aromatic heterocycles. The average Bonchev–Trinajstić information content (AvgIpc) is 2.83. The Hall–Kier alpha value is -1.02. The van der Waals surface area contributed by atoms with E-state index in [4.69, 9.17) is 4.42 Å². The van der Waals surface area contributed by atoms with Crippen molar-refractivity contribution in [2.75, 3.05) is 0 Å². The van der Waals surface area contributed by atoms with Crippen LogP contribution < -0.4 is 0 Å². The maximum atomic E-state index is 5.35. The third-order valence-corrected chi connectivity index (χ3v) is 4.19. The van der Waals surface area contributed by atoms with Crippen molar-refractivity contribution in [3.63, 3.8) is 0 Å². The van der Waals surface area contributed by atoms with E-state index in [0.29, 0.717) is 0 Å². The van der Waals surface area contributed by atoms with Gasteiger partial charge < -0.3 is 4.42 Å². The first kappa shape index (κ1) is 13.4. The summed E-state index contributed by atoms with van der Waals surface area (Å²) in [7, 11) is 0. The van der Waals surface area contributed by atoms with Crippen LogP contribution in [0.25, 0.3) is 0 Å². The molecule has 0 fully saturated rings. The number of halogens is 1. The summed E-state index contributed by atoms with van der Waals surface area (Å²) in [6.45, 7) is 4.20. The molecule has 0 aliphatic rings. The highest BCUT2D eigenvalue weighted by Gasteiger charge is 2.12. The average molecular weight is 307 g/mol. The largest absolute Gasteiger partial charge is 0.469 e. The van der Waals surface area contributed by atoms with E-state index in [1.165, 1.54) is 36.0 Å². The van der Waals surface area contributed by atoms with Gasteiger partial charge in [0.05, 0.1) is 11.1 Å². The second-order valence-corrected chi connectivity index (χ2v) is 5.61. The Morgan fingerprint density at radius 1 is 1.17 bits per heavy atom. The minimum Gasteiger partial charge on any atom is -0.469 e. The molecule has 0 bridgehead atoms. The number of rotatable bonds is 5. The summed E-state index contributed by atoms with van der Waals surface area (Å²) in [6.07, 6.45) is 5.50.